The Morgan fingerprint density at radius 3 is 2.20 bits per heavy atom. The van der Waals surface area contributed by atoms with Gasteiger partial charge in [0.15, 0.2) is 23.0 Å². The van der Waals surface area contributed by atoms with Crippen LogP contribution in [0.1, 0.15) is 12.5 Å². The van der Waals surface area contributed by atoms with E-state index in [2.05, 4.69) is 0 Å². The summed E-state index contributed by atoms with van der Waals surface area (Å²) < 4.78 is 22.8. The number of thioether (sulfide) groups is 1. The van der Waals surface area contributed by atoms with Crippen LogP contribution in [-0.2, 0) is 4.79 Å². The average molecular weight is 446 g/mol. The van der Waals surface area contributed by atoms with Crippen LogP contribution >= 0.6 is 24.0 Å². The second kappa shape index (κ2) is 10.4. The number of benzene rings is 2. The molecule has 1 amide bonds. The van der Waals surface area contributed by atoms with Crippen LogP contribution in [0.25, 0.3) is 6.08 Å². The van der Waals surface area contributed by atoms with Crippen LogP contribution in [0.3, 0.4) is 0 Å². The number of rotatable bonds is 9. The van der Waals surface area contributed by atoms with Crippen molar-refractivity contribution in [3.05, 3.63) is 52.9 Å². The second-order valence-electron chi connectivity index (χ2n) is 6.18. The fraction of sp³-hybridized carbons (Fsp3) is 0.273. The van der Waals surface area contributed by atoms with Crippen molar-refractivity contribution < 1.29 is 23.7 Å². The molecule has 0 bridgehead atoms. The molecule has 0 unspecified atom stereocenters. The molecule has 6 nitrogen and oxygen atoms in total. The highest BCUT2D eigenvalue weighted by molar-refractivity contribution is 8.26. The molecule has 1 fully saturated rings. The number of likely N-dealkylation sites (N-methyl/N-ethyl adjacent to an activating group) is 1. The smallest absolute Gasteiger partial charge is 0.266 e. The van der Waals surface area contributed by atoms with Gasteiger partial charge in [-0.15, -0.1) is 0 Å². The summed E-state index contributed by atoms with van der Waals surface area (Å²) in [6.07, 6.45) is 1.81. The van der Waals surface area contributed by atoms with E-state index in [0.29, 0.717) is 52.0 Å². The lowest BCUT2D eigenvalue weighted by Gasteiger charge is -2.13. The largest absolute Gasteiger partial charge is 0.493 e. The molecule has 2 aromatic carbocycles. The normalized spacial score (nSPS) is 14.9. The fourth-order valence-electron chi connectivity index (χ4n) is 2.86. The van der Waals surface area contributed by atoms with Crippen LogP contribution in [0.2, 0.25) is 0 Å². The van der Waals surface area contributed by atoms with Crippen molar-refractivity contribution in [3.8, 4) is 23.0 Å². The average Bonchev–Trinajstić information content (AvgIpc) is 3.04. The van der Waals surface area contributed by atoms with Crippen molar-refractivity contribution in [2.75, 3.05) is 34.0 Å². The van der Waals surface area contributed by atoms with Gasteiger partial charge in [0, 0.05) is 6.54 Å². The minimum atomic E-state index is -0.0692. The first kappa shape index (κ1) is 22.0. The van der Waals surface area contributed by atoms with Crippen molar-refractivity contribution >= 4 is 40.3 Å². The van der Waals surface area contributed by atoms with Gasteiger partial charge >= 0.3 is 0 Å². The van der Waals surface area contributed by atoms with Crippen molar-refractivity contribution in [2.24, 2.45) is 0 Å². The number of nitrogens with zero attached hydrogens (tertiary/aromatic N) is 1. The Kier molecular flexibility index (Phi) is 7.59. The number of thiocarbonyl (C=S) groups is 1. The molecule has 1 saturated heterocycles. The third kappa shape index (κ3) is 5.06. The summed E-state index contributed by atoms with van der Waals surface area (Å²) in [5.74, 6) is 2.44. The number of hydrogen-bond acceptors (Lipinski definition) is 7. The number of carbonyl (C=O) groups is 1. The van der Waals surface area contributed by atoms with Crippen LogP contribution in [-0.4, -0.2) is 49.1 Å². The molecule has 158 valence electrons. The maximum Gasteiger partial charge on any atom is 0.266 e. The third-order valence-corrected chi connectivity index (χ3v) is 5.72. The number of carbonyl (C=O) groups excluding carboxylic acids is 1. The molecule has 0 spiro atoms. The van der Waals surface area contributed by atoms with Gasteiger partial charge in [0.2, 0.25) is 0 Å². The Labute approximate surface area is 185 Å². The Balaban J connectivity index is 1.63. The molecule has 3 rings (SSSR count). The molecular formula is C22H23NO5S2. The van der Waals surface area contributed by atoms with Crippen LogP contribution in [0.5, 0.6) is 23.0 Å². The molecule has 0 radical (unpaired) electrons. The van der Waals surface area contributed by atoms with Gasteiger partial charge in [-0.2, -0.15) is 0 Å². The molecule has 0 aromatic heterocycles. The van der Waals surface area contributed by atoms with Crippen LogP contribution in [0.4, 0.5) is 0 Å². The third-order valence-electron chi connectivity index (χ3n) is 4.34. The van der Waals surface area contributed by atoms with Gasteiger partial charge in [0.25, 0.3) is 5.91 Å². The molecule has 1 aliphatic heterocycles. The summed E-state index contributed by atoms with van der Waals surface area (Å²) in [5, 5.41) is 0. The topological polar surface area (TPSA) is 57.2 Å². The van der Waals surface area contributed by atoms with Crippen molar-refractivity contribution in [1.82, 2.24) is 4.90 Å². The zero-order chi connectivity index (χ0) is 21.5. The first-order chi connectivity index (χ1) is 14.6. The van der Waals surface area contributed by atoms with E-state index in [0.717, 1.165) is 5.56 Å². The molecular weight excluding hydrogens is 422 g/mol. The fourth-order valence-corrected chi connectivity index (χ4v) is 4.24. The van der Waals surface area contributed by atoms with E-state index >= 15 is 0 Å². The summed E-state index contributed by atoms with van der Waals surface area (Å²) in [5.41, 5.74) is 0.834. The minimum Gasteiger partial charge on any atom is -0.493 e. The zero-order valence-corrected chi connectivity index (χ0v) is 18.7. The maximum absolute atomic E-state index is 12.4. The number of methoxy groups -OCH3 is 2. The van der Waals surface area contributed by atoms with E-state index < -0.39 is 0 Å². The van der Waals surface area contributed by atoms with Gasteiger partial charge in [-0.25, -0.2) is 0 Å². The molecule has 0 saturated carbocycles. The van der Waals surface area contributed by atoms with Crippen molar-refractivity contribution in [2.45, 2.75) is 6.92 Å². The lowest BCUT2D eigenvalue weighted by Crippen LogP contribution is -2.27. The SMILES string of the molecule is CCN1C(=O)/C(=C/c2ccc(OCCOc3ccccc3OC)c(OC)c2)SC1=S. The highest BCUT2D eigenvalue weighted by Gasteiger charge is 2.30. The zero-order valence-electron chi connectivity index (χ0n) is 17.0. The predicted molar refractivity (Wildman–Crippen MR) is 123 cm³/mol. The van der Waals surface area contributed by atoms with Gasteiger partial charge in [0.05, 0.1) is 19.1 Å². The number of para-hydroxylation sites is 2. The number of hydrogen-bond donors (Lipinski definition) is 0. The monoisotopic (exact) mass is 445 g/mol. The van der Waals surface area contributed by atoms with E-state index in [9.17, 15) is 4.79 Å². The number of amides is 1. The van der Waals surface area contributed by atoms with Gasteiger partial charge in [-0.3, -0.25) is 9.69 Å². The van der Waals surface area contributed by atoms with Gasteiger partial charge < -0.3 is 18.9 Å². The van der Waals surface area contributed by atoms with Crippen LogP contribution in [0, 0.1) is 0 Å². The van der Waals surface area contributed by atoms with Gasteiger partial charge in [-0.1, -0.05) is 42.2 Å². The standard InChI is InChI=1S/C22H23NO5S2/c1-4-23-21(24)20(30-22(23)29)14-15-9-10-18(19(13-15)26-3)28-12-11-27-17-8-6-5-7-16(17)25-2/h5-10,13-14H,4,11-12H2,1-3H3/b20-14-. The summed E-state index contributed by atoms with van der Waals surface area (Å²) in [6, 6.07) is 13.0. The van der Waals surface area contributed by atoms with E-state index in [4.69, 9.17) is 31.2 Å². The van der Waals surface area contributed by atoms with E-state index in [1.54, 1.807) is 19.1 Å². The van der Waals surface area contributed by atoms with Gasteiger partial charge in [-0.05, 0) is 42.8 Å². The second-order valence-corrected chi connectivity index (χ2v) is 7.86. The molecule has 1 heterocycles. The lowest BCUT2D eigenvalue weighted by atomic mass is 10.2. The summed E-state index contributed by atoms with van der Waals surface area (Å²) in [6.45, 7) is 3.16. The Morgan fingerprint density at radius 2 is 1.60 bits per heavy atom. The Hall–Kier alpha value is -2.71. The molecule has 0 aliphatic carbocycles. The van der Waals surface area contributed by atoms with Crippen molar-refractivity contribution in [1.29, 1.82) is 0 Å². The highest BCUT2D eigenvalue weighted by atomic mass is 32.2. The Morgan fingerprint density at radius 1 is 0.967 bits per heavy atom. The predicted octanol–water partition coefficient (Wildman–Crippen LogP) is 4.38. The molecule has 0 N–H and O–H groups in total. The van der Waals surface area contributed by atoms with E-state index in [-0.39, 0.29) is 5.91 Å². The quantitative estimate of drug-likeness (QED) is 0.322. The highest BCUT2D eigenvalue weighted by Crippen LogP contribution is 2.34. The molecule has 8 heteroatoms. The minimum absolute atomic E-state index is 0.0692. The van der Waals surface area contributed by atoms with Crippen LogP contribution < -0.4 is 18.9 Å². The summed E-state index contributed by atoms with van der Waals surface area (Å²) in [4.78, 5) is 14.6. The Bertz CT molecular complexity index is 960. The first-order valence-electron chi connectivity index (χ1n) is 9.39. The summed E-state index contributed by atoms with van der Waals surface area (Å²) in [7, 11) is 3.18. The maximum atomic E-state index is 12.4. The van der Waals surface area contributed by atoms with E-state index in [1.165, 1.54) is 11.8 Å². The van der Waals surface area contributed by atoms with E-state index in [1.807, 2.05) is 55.5 Å². The lowest BCUT2D eigenvalue weighted by molar-refractivity contribution is -0.121. The van der Waals surface area contributed by atoms with Gasteiger partial charge in [0.1, 0.15) is 17.5 Å². The molecule has 30 heavy (non-hydrogen) atoms. The first-order valence-corrected chi connectivity index (χ1v) is 10.6. The molecule has 2 aromatic rings. The molecule has 0 atom stereocenters. The number of ether oxygens (including phenoxy) is 4. The molecule has 1 aliphatic rings. The summed E-state index contributed by atoms with van der Waals surface area (Å²) >= 11 is 6.56. The van der Waals surface area contributed by atoms with Crippen molar-refractivity contribution in [3.63, 3.8) is 0 Å². The van der Waals surface area contributed by atoms with Crippen LogP contribution in [0.15, 0.2) is 47.4 Å².